The van der Waals surface area contributed by atoms with Crippen molar-refractivity contribution < 1.29 is 19.2 Å². The number of hydrogen-bond donors (Lipinski definition) is 0. The fourth-order valence-corrected chi connectivity index (χ4v) is 5.95. The highest BCUT2D eigenvalue weighted by Gasteiger charge is 2.33. The van der Waals surface area contributed by atoms with Crippen LogP contribution in [-0.4, -0.2) is 23.1 Å². The molecule has 1 aliphatic carbocycles. The lowest BCUT2D eigenvalue weighted by atomic mass is 9.71. The van der Waals surface area contributed by atoms with Crippen LogP contribution in [0.2, 0.25) is 0 Å². The summed E-state index contributed by atoms with van der Waals surface area (Å²) in [6, 6.07) is 4.13. The van der Waals surface area contributed by atoms with Crippen molar-refractivity contribution in [3.8, 4) is 0 Å². The Labute approximate surface area is 239 Å². The SMILES string of the molecule is CCC.CCCC(CC1CC(=O)c2c(C)ccc(CCC(=O)CCC(C)(C)C)c2C1)C(CC)C(=O)CC(C)=O. The highest BCUT2D eigenvalue weighted by atomic mass is 16.1. The highest BCUT2D eigenvalue weighted by Crippen LogP contribution is 2.38. The topological polar surface area (TPSA) is 68.3 Å². The Morgan fingerprint density at radius 2 is 1.64 bits per heavy atom. The van der Waals surface area contributed by atoms with Crippen LogP contribution in [0.3, 0.4) is 0 Å². The first-order valence-electron chi connectivity index (χ1n) is 15.5. The van der Waals surface area contributed by atoms with Gasteiger partial charge >= 0.3 is 0 Å². The monoisotopic (exact) mass is 540 g/mol. The summed E-state index contributed by atoms with van der Waals surface area (Å²) in [6.07, 6.45) is 8.76. The molecule has 1 aromatic carbocycles. The van der Waals surface area contributed by atoms with Crippen molar-refractivity contribution in [3.63, 3.8) is 0 Å². The van der Waals surface area contributed by atoms with Gasteiger partial charge in [0, 0.05) is 30.7 Å². The van der Waals surface area contributed by atoms with E-state index < -0.39 is 0 Å². The first kappa shape index (κ1) is 34.9. The number of ketones is 4. The van der Waals surface area contributed by atoms with Crippen molar-refractivity contribution in [2.75, 3.05) is 0 Å². The number of aryl methyl sites for hydroxylation is 2. The van der Waals surface area contributed by atoms with E-state index >= 15 is 0 Å². The molecule has 0 saturated carbocycles. The molecule has 3 atom stereocenters. The summed E-state index contributed by atoms with van der Waals surface area (Å²) in [7, 11) is 0. The number of rotatable bonds is 14. The molecule has 0 bridgehead atoms. The number of fused-ring (bicyclic) bond motifs is 1. The maximum Gasteiger partial charge on any atom is 0.163 e. The average molecular weight is 541 g/mol. The summed E-state index contributed by atoms with van der Waals surface area (Å²) in [4.78, 5) is 50.3. The predicted molar refractivity (Wildman–Crippen MR) is 162 cm³/mol. The Balaban J connectivity index is 0.00000242. The summed E-state index contributed by atoms with van der Waals surface area (Å²) >= 11 is 0. The van der Waals surface area contributed by atoms with E-state index in [4.69, 9.17) is 0 Å². The second kappa shape index (κ2) is 16.9. The van der Waals surface area contributed by atoms with Crippen LogP contribution in [0.4, 0.5) is 0 Å². The zero-order valence-electron chi connectivity index (χ0n) is 26.5. The number of carbonyl (C=O) groups excluding carboxylic acids is 4. The Hall–Kier alpha value is -2.10. The van der Waals surface area contributed by atoms with Gasteiger partial charge in [0.25, 0.3) is 0 Å². The molecule has 0 N–H and O–H groups in total. The molecule has 0 radical (unpaired) electrons. The van der Waals surface area contributed by atoms with E-state index in [-0.39, 0.29) is 52.7 Å². The van der Waals surface area contributed by atoms with Crippen molar-refractivity contribution in [1.82, 2.24) is 0 Å². The molecule has 0 spiro atoms. The van der Waals surface area contributed by atoms with Gasteiger partial charge in [-0.05, 0) is 79.9 Å². The second-order valence-electron chi connectivity index (χ2n) is 13.0. The summed E-state index contributed by atoms with van der Waals surface area (Å²) in [6.45, 7) is 18.4. The van der Waals surface area contributed by atoms with Gasteiger partial charge < -0.3 is 0 Å². The molecule has 0 heterocycles. The third-order valence-electron chi connectivity index (χ3n) is 7.83. The standard InChI is InChI=1S/C32H48O4.C3H8/c1-8-10-25(27(9-2)29(35)17-22(4)33)18-23-19-28-24(12-11-21(3)31(28)30(36)20-23)13-14-26(34)15-16-32(5,6)7;1-3-2/h11-12,23,25,27H,8-10,13-20H2,1-7H3;3H2,1-2H3. The zero-order chi connectivity index (χ0) is 29.8. The first-order chi connectivity index (χ1) is 18.3. The molecule has 0 saturated heterocycles. The normalized spacial score (nSPS) is 16.5. The minimum atomic E-state index is -0.122. The molecule has 1 aromatic rings. The smallest absolute Gasteiger partial charge is 0.163 e. The third kappa shape index (κ3) is 11.9. The maximum atomic E-state index is 13.3. The van der Waals surface area contributed by atoms with Crippen LogP contribution < -0.4 is 0 Å². The third-order valence-corrected chi connectivity index (χ3v) is 7.83. The van der Waals surface area contributed by atoms with Gasteiger partial charge in [0.15, 0.2) is 5.78 Å². The first-order valence-corrected chi connectivity index (χ1v) is 15.5. The summed E-state index contributed by atoms with van der Waals surface area (Å²) in [5, 5.41) is 0. The van der Waals surface area contributed by atoms with Crippen molar-refractivity contribution >= 4 is 23.1 Å². The number of carbonyl (C=O) groups is 4. The van der Waals surface area contributed by atoms with Crippen LogP contribution >= 0.6 is 0 Å². The molecule has 0 aliphatic heterocycles. The van der Waals surface area contributed by atoms with Crippen LogP contribution in [0, 0.1) is 30.1 Å². The van der Waals surface area contributed by atoms with Crippen molar-refractivity contribution in [2.45, 2.75) is 139 Å². The molecule has 220 valence electrons. The van der Waals surface area contributed by atoms with E-state index in [1.54, 1.807) is 0 Å². The highest BCUT2D eigenvalue weighted by molar-refractivity contribution is 6.00. The Bertz CT molecular complexity index is 966. The molecule has 1 aliphatic rings. The van der Waals surface area contributed by atoms with E-state index in [2.05, 4.69) is 47.6 Å². The lowest BCUT2D eigenvalue weighted by molar-refractivity contribution is -0.130. The Morgan fingerprint density at radius 1 is 1.00 bits per heavy atom. The summed E-state index contributed by atoms with van der Waals surface area (Å²) in [5.41, 5.74) is 4.28. The van der Waals surface area contributed by atoms with Gasteiger partial charge in [-0.25, -0.2) is 0 Å². The minimum Gasteiger partial charge on any atom is -0.300 e. The number of Topliss-reactive ketones (excluding diaryl/α,β-unsaturated/α-hetero) is 4. The summed E-state index contributed by atoms with van der Waals surface area (Å²) < 4.78 is 0. The van der Waals surface area contributed by atoms with Gasteiger partial charge in [0.2, 0.25) is 0 Å². The fourth-order valence-electron chi connectivity index (χ4n) is 5.95. The van der Waals surface area contributed by atoms with Gasteiger partial charge in [-0.15, -0.1) is 0 Å². The molecule has 2 rings (SSSR count). The molecule has 3 unspecified atom stereocenters. The molecule has 0 fully saturated rings. The fraction of sp³-hybridized carbons (Fsp3) is 0.714. The van der Waals surface area contributed by atoms with Gasteiger partial charge in [0.05, 0.1) is 6.42 Å². The predicted octanol–water partition coefficient (Wildman–Crippen LogP) is 8.87. The molecule has 4 heteroatoms. The molecule has 39 heavy (non-hydrogen) atoms. The average Bonchev–Trinajstić information content (AvgIpc) is 2.82. The van der Waals surface area contributed by atoms with Crippen LogP contribution in [0.1, 0.15) is 147 Å². The van der Waals surface area contributed by atoms with E-state index in [1.165, 1.54) is 13.3 Å². The molecule has 0 amide bonds. The van der Waals surface area contributed by atoms with Crippen molar-refractivity contribution in [2.24, 2.45) is 23.2 Å². The lowest BCUT2D eigenvalue weighted by Gasteiger charge is -2.32. The Kier molecular flexibility index (Phi) is 15.1. The largest absolute Gasteiger partial charge is 0.300 e. The summed E-state index contributed by atoms with van der Waals surface area (Å²) in [5.74, 6) is 0.719. The van der Waals surface area contributed by atoms with Crippen LogP contribution in [0.25, 0.3) is 0 Å². The van der Waals surface area contributed by atoms with Gasteiger partial charge in [-0.3, -0.25) is 19.2 Å². The quantitative estimate of drug-likeness (QED) is 0.221. The van der Waals surface area contributed by atoms with E-state index in [0.29, 0.717) is 25.7 Å². The number of hydrogen-bond acceptors (Lipinski definition) is 4. The molecule has 4 nitrogen and oxygen atoms in total. The second-order valence-corrected chi connectivity index (χ2v) is 13.0. The Morgan fingerprint density at radius 3 is 2.18 bits per heavy atom. The lowest BCUT2D eigenvalue weighted by Crippen LogP contribution is -2.30. The van der Waals surface area contributed by atoms with Gasteiger partial charge in [0.1, 0.15) is 17.3 Å². The number of benzene rings is 1. The van der Waals surface area contributed by atoms with Gasteiger partial charge in [-0.2, -0.15) is 0 Å². The van der Waals surface area contributed by atoms with Crippen LogP contribution in [0.15, 0.2) is 12.1 Å². The molecular weight excluding hydrogens is 484 g/mol. The molecule has 0 aromatic heterocycles. The van der Waals surface area contributed by atoms with Crippen LogP contribution in [0.5, 0.6) is 0 Å². The van der Waals surface area contributed by atoms with Crippen molar-refractivity contribution in [3.05, 3.63) is 34.4 Å². The van der Waals surface area contributed by atoms with E-state index in [1.807, 2.05) is 19.9 Å². The van der Waals surface area contributed by atoms with E-state index in [9.17, 15) is 19.2 Å². The maximum absolute atomic E-state index is 13.3. The van der Waals surface area contributed by atoms with Gasteiger partial charge in [-0.1, -0.05) is 79.9 Å². The van der Waals surface area contributed by atoms with Crippen molar-refractivity contribution in [1.29, 1.82) is 0 Å². The zero-order valence-corrected chi connectivity index (χ0v) is 26.5. The van der Waals surface area contributed by atoms with E-state index in [0.717, 1.165) is 60.8 Å². The minimum absolute atomic E-state index is 0.0116. The molecular formula is C35H56O4. The van der Waals surface area contributed by atoms with Crippen LogP contribution in [-0.2, 0) is 27.2 Å².